The molecule has 1 aromatic rings. The monoisotopic (exact) mass is 285 g/mol. The van der Waals surface area contributed by atoms with Gasteiger partial charge in [-0.3, -0.25) is 4.79 Å². The van der Waals surface area contributed by atoms with Crippen LogP contribution in [0.4, 0.5) is 4.39 Å². The van der Waals surface area contributed by atoms with Crippen molar-refractivity contribution >= 4 is 21.8 Å². The summed E-state index contributed by atoms with van der Waals surface area (Å²) in [7, 11) is 0. The first-order valence-corrected chi connectivity index (χ1v) is 5.79. The molecule has 16 heavy (non-hydrogen) atoms. The Bertz CT molecular complexity index is 404. The summed E-state index contributed by atoms with van der Waals surface area (Å²) in [4.78, 5) is 11.6. The number of carbonyl (C=O) groups excluding carboxylic acids is 1. The lowest BCUT2D eigenvalue weighted by molar-refractivity contribution is 0.0953. The Hall–Kier alpha value is -1.16. The molecule has 0 unspecified atom stereocenters. The smallest absolute Gasteiger partial charge is 0.252 e. The first-order valence-electron chi connectivity index (χ1n) is 4.99. The molecule has 4 heteroatoms. The number of hydrogen-bond acceptors (Lipinski definition) is 1. The predicted octanol–water partition coefficient (Wildman–Crippen LogP) is 3.28. The van der Waals surface area contributed by atoms with Crippen molar-refractivity contribution in [1.29, 1.82) is 0 Å². The average molecular weight is 286 g/mol. The SMILES string of the molecule is C/C=C/CCNC(=O)c1cc(F)ccc1Br. The molecule has 86 valence electrons. The molecule has 0 heterocycles. The van der Waals surface area contributed by atoms with Crippen LogP contribution >= 0.6 is 15.9 Å². The molecule has 0 saturated heterocycles. The Balaban J connectivity index is 2.62. The molecule has 0 fully saturated rings. The highest BCUT2D eigenvalue weighted by Gasteiger charge is 2.09. The molecule has 0 saturated carbocycles. The van der Waals surface area contributed by atoms with E-state index in [1.807, 2.05) is 19.1 Å². The van der Waals surface area contributed by atoms with Crippen LogP contribution in [0.1, 0.15) is 23.7 Å². The highest BCUT2D eigenvalue weighted by Crippen LogP contribution is 2.17. The maximum Gasteiger partial charge on any atom is 0.252 e. The largest absolute Gasteiger partial charge is 0.352 e. The minimum Gasteiger partial charge on any atom is -0.352 e. The fraction of sp³-hybridized carbons (Fsp3) is 0.250. The Morgan fingerprint density at radius 3 is 3.00 bits per heavy atom. The number of benzene rings is 1. The van der Waals surface area contributed by atoms with E-state index in [-0.39, 0.29) is 5.91 Å². The molecule has 0 bridgehead atoms. The number of carbonyl (C=O) groups is 1. The highest BCUT2D eigenvalue weighted by molar-refractivity contribution is 9.10. The van der Waals surface area contributed by atoms with Crippen molar-refractivity contribution < 1.29 is 9.18 Å². The topological polar surface area (TPSA) is 29.1 Å². The van der Waals surface area contributed by atoms with Crippen LogP contribution in [0, 0.1) is 5.82 Å². The average Bonchev–Trinajstić information content (AvgIpc) is 2.27. The molecular formula is C12H13BrFNO. The van der Waals surface area contributed by atoms with Gasteiger partial charge in [0.15, 0.2) is 0 Å². The molecule has 0 aromatic heterocycles. The number of halogens is 2. The standard InChI is InChI=1S/C12H13BrFNO/c1-2-3-4-7-15-12(16)10-8-9(14)5-6-11(10)13/h2-3,5-6,8H,4,7H2,1H3,(H,15,16)/b3-2+. The van der Waals surface area contributed by atoms with E-state index >= 15 is 0 Å². The van der Waals surface area contributed by atoms with Crippen molar-refractivity contribution in [3.8, 4) is 0 Å². The number of amides is 1. The third kappa shape index (κ3) is 3.77. The fourth-order valence-corrected chi connectivity index (χ4v) is 1.63. The predicted molar refractivity (Wildman–Crippen MR) is 65.9 cm³/mol. The second-order valence-corrected chi connectivity index (χ2v) is 4.09. The van der Waals surface area contributed by atoms with Crippen molar-refractivity contribution in [1.82, 2.24) is 5.32 Å². The normalized spacial score (nSPS) is 10.7. The first-order chi connectivity index (χ1) is 7.65. The molecule has 1 N–H and O–H groups in total. The minimum absolute atomic E-state index is 0.268. The van der Waals surface area contributed by atoms with E-state index in [1.165, 1.54) is 18.2 Å². The van der Waals surface area contributed by atoms with Crippen LogP contribution in [0.2, 0.25) is 0 Å². The van der Waals surface area contributed by atoms with Gasteiger partial charge in [0, 0.05) is 11.0 Å². The molecule has 0 spiro atoms. The lowest BCUT2D eigenvalue weighted by atomic mass is 10.2. The summed E-state index contributed by atoms with van der Waals surface area (Å²) in [6.07, 6.45) is 4.65. The van der Waals surface area contributed by atoms with Crippen LogP contribution < -0.4 is 5.32 Å². The Labute approximate surface area is 103 Å². The van der Waals surface area contributed by atoms with Gasteiger partial charge >= 0.3 is 0 Å². The zero-order valence-electron chi connectivity index (χ0n) is 8.97. The van der Waals surface area contributed by atoms with E-state index in [9.17, 15) is 9.18 Å². The van der Waals surface area contributed by atoms with Gasteiger partial charge in [-0.05, 0) is 47.5 Å². The van der Waals surface area contributed by atoms with E-state index < -0.39 is 5.82 Å². The number of nitrogens with one attached hydrogen (secondary N) is 1. The van der Waals surface area contributed by atoms with Crippen molar-refractivity contribution in [3.05, 3.63) is 46.2 Å². The molecule has 0 aliphatic rings. The Morgan fingerprint density at radius 1 is 1.56 bits per heavy atom. The van der Waals surface area contributed by atoms with Gasteiger partial charge in [-0.1, -0.05) is 12.2 Å². The van der Waals surface area contributed by atoms with Gasteiger partial charge in [0.1, 0.15) is 5.82 Å². The van der Waals surface area contributed by atoms with Gasteiger partial charge in [0.05, 0.1) is 5.56 Å². The zero-order chi connectivity index (χ0) is 12.0. The van der Waals surface area contributed by atoms with Gasteiger partial charge in [-0.25, -0.2) is 4.39 Å². The molecule has 0 aliphatic heterocycles. The van der Waals surface area contributed by atoms with Gasteiger partial charge in [0.2, 0.25) is 0 Å². The van der Waals surface area contributed by atoms with E-state index in [0.29, 0.717) is 16.6 Å². The molecule has 1 aromatic carbocycles. The third-order valence-corrected chi connectivity index (χ3v) is 2.70. The van der Waals surface area contributed by atoms with Gasteiger partial charge in [-0.2, -0.15) is 0 Å². The Kier molecular flexibility index (Phi) is 5.19. The van der Waals surface area contributed by atoms with Crippen molar-refractivity contribution in [2.24, 2.45) is 0 Å². The van der Waals surface area contributed by atoms with Crippen LogP contribution in [0.3, 0.4) is 0 Å². The lowest BCUT2D eigenvalue weighted by Gasteiger charge is -2.05. The molecule has 1 amide bonds. The fourth-order valence-electron chi connectivity index (χ4n) is 1.20. The summed E-state index contributed by atoms with van der Waals surface area (Å²) in [6, 6.07) is 4.05. The molecular weight excluding hydrogens is 273 g/mol. The highest BCUT2D eigenvalue weighted by atomic mass is 79.9. The van der Waals surface area contributed by atoms with Crippen LogP contribution in [-0.2, 0) is 0 Å². The van der Waals surface area contributed by atoms with E-state index in [2.05, 4.69) is 21.2 Å². The molecule has 0 atom stereocenters. The number of allylic oxidation sites excluding steroid dienone is 1. The maximum atomic E-state index is 12.9. The number of hydrogen-bond donors (Lipinski definition) is 1. The van der Waals surface area contributed by atoms with Crippen molar-refractivity contribution in [3.63, 3.8) is 0 Å². The van der Waals surface area contributed by atoms with Gasteiger partial charge in [-0.15, -0.1) is 0 Å². The summed E-state index contributed by atoms with van der Waals surface area (Å²) >= 11 is 3.21. The molecule has 1 rings (SSSR count). The second-order valence-electron chi connectivity index (χ2n) is 3.24. The molecule has 0 radical (unpaired) electrons. The van der Waals surface area contributed by atoms with Crippen LogP contribution in [0.5, 0.6) is 0 Å². The third-order valence-electron chi connectivity index (χ3n) is 2.01. The summed E-state index contributed by atoms with van der Waals surface area (Å²) < 4.78 is 13.5. The van der Waals surface area contributed by atoms with Gasteiger partial charge in [0.25, 0.3) is 5.91 Å². The summed E-state index contributed by atoms with van der Waals surface area (Å²) in [5.41, 5.74) is 0.320. The van der Waals surface area contributed by atoms with Crippen LogP contribution in [0.15, 0.2) is 34.8 Å². The lowest BCUT2D eigenvalue weighted by Crippen LogP contribution is -2.24. The van der Waals surface area contributed by atoms with E-state index in [4.69, 9.17) is 0 Å². The summed E-state index contributed by atoms with van der Waals surface area (Å²) in [5, 5.41) is 2.71. The maximum absolute atomic E-state index is 12.9. The van der Waals surface area contributed by atoms with Crippen LogP contribution in [0.25, 0.3) is 0 Å². The van der Waals surface area contributed by atoms with Crippen molar-refractivity contribution in [2.75, 3.05) is 6.54 Å². The van der Waals surface area contributed by atoms with Crippen LogP contribution in [-0.4, -0.2) is 12.5 Å². The first kappa shape index (κ1) is 12.9. The zero-order valence-corrected chi connectivity index (χ0v) is 10.6. The summed E-state index contributed by atoms with van der Waals surface area (Å²) in [6.45, 7) is 2.47. The van der Waals surface area contributed by atoms with Crippen molar-refractivity contribution in [2.45, 2.75) is 13.3 Å². The van der Waals surface area contributed by atoms with E-state index in [1.54, 1.807) is 0 Å². The minimum atomic E-state index is -0.415. The quantitative estimate of drug-likeness (QED) is 0.668. The molecule has 0 aliphatic carbocycles. The second kappa shape index (κ2) is 6.43. The summed E-state index contributed by atoms with van der Waals surface area (Å²) in [5.74, 6) is -0.683. The Morgan fingerprint density at radius 2 is 2.31 bits per heavy atom. The molecule has 2 nitrogen and oxygen atoms in total. The van der Waals surface area contributed by atoms with E-state index in [0.717, 1.165) is 6.42 Å². The number of rotatable bonds is 4. The van der Waals surface area contributed by atoms with Gasteiger partial charge < -0.3 is 5.32 Å².